The van der Waals surface area contributed by atoms with Crippen molar-refractivity contribution in [1.29, 1.82) is 0 Å². The van der Waals surface area contributed by atoms with E-state index in [0.717, 1.165) is 5.02 Å². The molecule has 1 aliphatic carbocycles. The monoisotopic (exact) mass is 252 g/mol. The molecule has 2 heteroatoms. The molecular weight excluding hydrogens is 236 g/mol. The Labute approximate surface area is 108 Å². The maximum Gasteiger partial charge on any atom is 0.0412 e. The van der Waals surface area contributed by atoms with Crippen LogP contribution in [0.25, 0.3) is 5.57 Å². The van der Waals surface area contributed by atoms with Gasteiger partial charge in [-0.3, -0.25) is 0 Å². The summed E-state index contributed by atoms with van der Waals surface area (Å²) >= 11 is 10.6. The SMILES string of the molecule is CC(S)c1ccc(Cl)cc1C1=CCCCC1. The van der Waals surface area contributed by atoms with Crippen molar-refractivity contribution in [2.75, 3.05) is 0 Å². The lowest BCUT2D eigenvalue weighted by Gasteiger charge is -2.18. The van der Waals surface area contributed by atoms with Crippen molar-refractivity contribution >= 4 is 29.8 Å². The Kier molecular flexibility index (Phi) is 3.99. The van der Waals surface area contributed by atoms with E-state index < -0.39 is 0 Å². The molecule has 1 aromatic rings. The summed E-state index contributed by atoms with van der Waals surface area (Å²) in [5.41, 5.74) is 4.04. The van der Waals surface area contributed by atoms with Gasteiger partial charge in [-0.05, 0) is 61.4 Å². The fourth-order valence-electron chi connectivity index (χ4n) is 2.25. The predicted octanol–water partition coefficient (Wildman–Crippen LogP) is 5.29. The topological polar surface area (TPSA) is 0 Å². The summed E-state index contributed by atoms with van der Waals surface area (Å²) in [7, 11) is 0. The molecule has 0 fully saturated rings. The molecule has 0 bridgehead atoms. The Morgan fingerprint density at radius 1 is 1.31 bits per heavy atom. The molecule has 86 valence electrons. The standard InChI is InChI=1S/C14H17ClS/c1-10(16)13-8-7-12(15)9-14(13)11-5-3-2-4-6-11/h5,7-10,16H,2-4,6H2,1H3. The van der Waals surface area contributed by atoms with Gasteiger partial charge >= 0.3 is 0 Å². The van der Waals surface area contributed by atoms with Crippen LogP contribution in [0.4, 0.5) is 0 Å². The first-order valence-electron chi connectivity index (χ1n) is 5.85. The Balaban J connectivity index is 2.44. The Morgan fingerprint density at radius 3 is 2.75 bits per heavy atom. The van der Waals surface area contributed by atoms with Crippen molar-refractivity contribution < 1.29 is 0 Å². The van der Waals surface area contributed by atoms with Crippen LogP contribution in [0.15, 0.2) is 24.3 Å². The highest BCUT2D eigenvalue weighted by molar-refractivity contribution is 7.80. The normalized spacial score (nSPS) is 18.1. The minimum Gasteiger partial charge on any atom is -0.171 e. The van der Waals surface area contributed by atoms with Gasteiger partial charge in [0.25, 0.3) is 0 Å². The van der Waals surface area contributed by atoms with Crippen LogP contribution in [-0.2, 0) is 0 Å². The van der Waals surface area contributed by atoms with Crippen molar-refractivity contribution in [2.24, 2.45) is 0 Å². The number of benzene rings is 1. The van der Waals surface area contributed by atoms with Crippen LogP contribution in [0.1, 0.15) is 49.0 Å². The van der Waals surface area contributed by atoms with Crippen LogP contribution in [0.5, 0.6) is 0 Å². The minimum atomic E-state index is 0.259. The molecule has 1 aliphatic rings. The molecule has 0 saturated heterocycles. The highest BCUT2D eigenvalue weighted by Crippen LogP contribution is 2.34. The van der Waals surface area contributed by atoms with Crippen LogP contribution in [0, 0.1) is 0 Å². The predicted molar refractivity (Wildman–Crippen MR) is 75.3 cm³/mol. The summed E-state index contributed by atoms with van der Waals surface area (Å²) in [5, 5.41) is 1.08. The average molecular weight is 253 g/mol. The first-order valence-corrected chi connectivity index (χ1v) is 6.75. The number of hydrogen-bond acceptors (Lipinski definition) is 1. The number of thiol groups is 1. The van der Waals surface area contributed by atoms with Gasteiger partial charge in [-0.25, -0.2) is 0 Å². The highest BCUT2D eigenvalue weighted by atomic mass is 35.5. The molecule has 0 N–H and O–H groups in total. The second-order valence-electron chi connectivity index (χ2n) is 4.38. The number of hydrogen-bond donors (Lipinski definition) is 1. The van der Waals surface area contributed by atoms with E-state index in [1.807, 2.05) is 6.07 Å². The van der Waals surface area contributed by atoms with E-state index in [1.54, 1.807) is 0 Å². The molecule has 1 atom stereocenters. The quantitative estimate of drug-likeness (QED) is 0.680. The van der Waals surface area contributed by atoms with Gasteiger partial charge < -0.3 is 0 Å². The molecular formula is C14H17ClS. The van der Waals surface area contributed by atoms with Gasteiger partial charge in [0, 0.05) is 10.3 Å². The Hall–Kier alpha value is -0.400. The van der Waals surface area contributed by atoms with Gasteiger partial charge in [-0.15, -0.1) is 0 Å². The van der Waals surface area contributed by atoms with Crippen molar-refractivity contribution in [1.82, 2.24) is 0 Å². The number of halogens is 1. The lowest BCUT2D eigenvalue weighted by molar-refractivity contribution is 0.741. The van der Waals surface area contributed by atoms with Gasteiger partial charge in [0.2, 0.25) is 0 Å². The molecule has 1 unspecified atom stereocenters. The van der Waals surface area contributed by atoms with Crippen LogP contribution in [0.3, 0.4) is 0 Å². The summed E-state index contributed by atoms with van der Waals surface area (Å²) in [6.07, 6.45) is 7.33. The van der Waals surface area contributed by atoms with Gasteiger partial charge in [0.1, 0.15) is 0 Å². The molecule has 16 heavy (non-hydrogen) atoms. The van der Waals surface area contributed by atoms with Crippen LogP contribution >= 0.6 is 24.2 Å². The van der Waals surface area contributed by atoms with Gasteiger partial charge in [0.15, 0.2) is 0 Å². The van der Waals surface area contributed by atoms with E-state index in [4.69, 9.17) is 11.6 Å². The van der Waals surface area contributed by atoms with Crippen molar-refractivity contribution in [3.05, 3.63) is 40.4 Å². The molecule has 0 amide bonds. The maximum atomic E-state index is 6.09. The number of rotatable bonds is 2. The van der Waals surface area contributed by atoms with Crippen molar-refractivity contribution in [2.45, 2.75) is 37.9 Å². The highest BCUT2D eigenvalue weighted by Gasteiger charge is 2.13. The zero-order valence-electron chi connectivity index (χ0n) is 9.54. The minimum absolute atomic E-state index is 0.259. The summed E-state index contributed by atoms with van der Waals surface area (Å²) in [6, 6.07) is 6.14. The van der Waals surface area contributed by atoms with E-state index in [9.17, 15) is 0 Å². The van der Waals surface area contributed by atoms with Gasteiger partial charge in [0.05, 0.1) is 0 Å². The molecule has 0 nitrogen and oxygen atoms in total. The second kappa shape index (κ2) is 5.29. The summed E-state index contributed by atoms with van der Waals surface area (Å²) in [5.74, 6) is 0. The summed E-state index contributed by atoms with van der Waals surface area (Å²) < 4.78 is 0. The maximum absolute atomic E-state index is 6.09. The van der Waals surface area contributed by atoms with Gasteiger partial charge in [-0.2, -0.15) is 12.6 Å². The molecule has 2 rings (SSSR count). The van der Waals surface area contributed by atoms with E-state index >= 15 is 0 Å². The Morgan fingerprint density at radius 2 is 2.12 bits per heavy atom. The Bertz CT molecular complexity index is 407. The zero-order chi connectivity index (χ0) is 11.5. The third-order valence-electron chi connectivity index (χ3n) is 3.10. The van der Waals surface area contributed by atoms with E-state index in [0.29, 0.717) is 0 Å². The summed E-state index contributed by atoms with van der Waals surface area (Å²) in [4.78, 5) is 0. The largest absolute Gasteiger partial charge is 0.171 e. The fourth-order valence-corrected chi connectivity index (χ4v) is 2.65. The molecule has 0 heterocycles. The summed E-state index contributed by atoms with van der Waals surface area (Å²) in [6.45, 7) is 2.11. The molecule has 0 spiro atoms. The van der Waals surface area contributed by atoms with Crippen LogP contribution in [-0.4, -0.2) is 0 Å². The van der Waals surface area contributed by atoms with Crippen LogP contribution < -0.4 is 0 Å². The third-order valence-corrected chi connectivity index (χ3v) is 3.62. The van der Waals surface area contributed by atoms with Crippen LogP contribution in [0.2, 0.25) is 5.02 Å². The number of allylic oxidation sites excluding steroid dienone is 2. The molecule has 0 radical (unpaired) electrons. The molecule has 0 aliphatic heterocycles. The van der Waals surface area contributed by atoms with Gasteiger partial charge in [-0.1, -0.05) is 23.7 Å². The molecule has 0 aromatic heterocycles. The second-order valence-corrected chi connectivity index (χ2v) is 5.59. The first-order chi connectivity index (χ1) is 7.68. The lowest BCUT2D eigenvalue weighted by Crippen LogP contribution is -1.98. The first kappa shape index (κ1) is 12.1. The van der Waals surface area contributed by atoms with E-state index in [2.05, 4.69) is 37.8 Å². The van der Waals surface area contributed by atoms with E-state index in [-0.39, 0.29) is 5.25 Å². The van der Waals surface area contributed by atoms with Crippen molar-refractivity contribution in [3.63, 3.8) is 0 Å². The van der Waals surface area contributed by atoms with Crippen molar-refractivity contribution in [3.8, 4) is 0 Å². The zero-order valence-corrected chi connectivity index (χ0v) is 11.2. The molecule has 1 aromatic carbocycles. The van der Waals surface area contributed by atoms with E-state index in [1.165, 1.54) is 42.4 Å². The average Bonchev–Trinajstić information content (AvgIpc) is 2.29. The lowest BCUT2D eigenvalue weighted by atomic mass is 9.90. The molecule has 0 saturated carbocycles. The fraction of sp³-hybridized carbons (Fsp3) is 0.429. The smallest absolute Gasteiger partial charge is 0.0412 e. The third kappa shape index (κ3) is 2.64.